The van der Waals surface area contributed by atoms with Crippen molar-refractivity contribution >= 4 is 23.5 Å². The van der Waals surface area contributed by atoms with Crippen LogP contribution in [0.15, 0.2) is 48.5 Å². The number of rotatable bonds is 2. The van der Waals surface area contributed by atoms with Crippen LogP contribution in [0.4, 0.5) is 5.82 Å². The number of carbonyl (C=O) groups excluding carboxylic acids is 1. The van der Waals surface area contributed by atoms with Crippen molar-refractivity contribution < 1.29 is 4.79 Å². The van der Waals surface area contributed by atoms with E-state index in [0.717, 1.165) is 22.8 Å². The molecule has 2 aromatic carbocycles. The Morgan fingerprint density at radius 3 is 2.58 bits per heavy atom. The molecule has 4 rings (SSSR count). The third kappa shape index (κ3) is 3.03. The number of aromatic nitrogens is 2. The summed E-state index contributed by atoms with van der Waals surface area (Å²) in [6.45, 7) is 6.17. The lowest BCUT2D eigenvalue weighted by Gasteiger charge is -2.16. The minimum Gasteiger partial charge on any atom is -0.310 e. The van der Waals surface area contributed by atoms with Crippen LogP contribution in [0.2, 0.25) is 0 Å². The molecular formula is C21H21N3OS. The van der Waals surface area contributed by atoms with Crippen molar-refractivity contribution in [1.82, 2.24) is 9.78 Å². The van der Waals surface area contributed by atoms with Gasteiger partial charge in [-0.05, 0) is 38.5 Å². The van der Waals surface area contributed by atoms with Crippen LogP contribution in [0.1, 0.15) is 33.2 Å². The summed E-state index contributed by atoms with van der Waals surface area (Å²) in [7, 11) is 0. The minimum absolute atomic E-state index is 0.0136. The molecule has 0 saturated heterocycles. The molecule has 1 aliphatic heterocycles. The van der Waals surface area contributed by atoms with Crippen molar-refractivity contribution in [2.45, 2.75) is 26.0 Å². The summed E-state index contributed by atoms with van der Waals surface area (Å²) in [4.78, 5) is 12.4. The monoisotopic (exact) mass is 363 g/mol. The van der Waals surface area contributed by atoms with Crippen molar-refractivity contribution in [3.05, 3.63) is 76.5 Å². The summed E-state index contributed by atoms with van der Waals surface area (Å²) in [6.07, 6.45) is 0. The Hall–Kier alpha value is -2.53. The predicted molar refractivity (Wildman–Crippen MR) is 107 cm³/mol. The van der Waals surface area contributed by atoms with Gasteiger partial charge < -0.3 is 5.32 Å². The largest absolute Gasteiger partial charge is 0.310 e. The highest BCUT2D eigenvalue weighted by Crippen LogP contribution is 2.43. The molecule has 5 heteroatoms. The fourth-order valence-electron chi connectivity index (χ4n) is 3.35. The van der Waals surface area contributed by atoms with Crippen molar-refractivity contribution in [3.63, 3.8) is 0 Å². The van der Waals surface area contributed by atoms with Crippen molar-refractivity contribution in [2.24, 2.45) is 0 Å². The fourth-order valence-corrected chi connectivity index (χ4v) is 4.53. The van der Waals surface area contributed by atoms with Gasteiger partial charge in [0.25, 0.3) is 0 Å². The first-order chi connectivity index (χ1) is 12.5. The molecule has 1 aromatic heterocycles. The standard InChI is InChI=1S/C21H21N3OS/c1-13-7-9-17(10-8-13)24-21-19(15(3)23-24)20(26-12-18(25)22-21)16-6-4-5-14(2)11-16/h4-11,20H,12H2,1-3H3,(H,22,25)/t20-/m0/s1. The molecule has 0 saturated carbocycles. The smallest absolute Gasteiger partial charge is 0.235 e. The van der Waals surface area contributed by atoms with Crippen LogP contribution in [0, 0.1) is 20.8 Å². The Morgan fingerprint density at radius 2 is 1.85 bits per heavy atom. The van der Waals surface area contributed by atoms with Gasteiger partial charge >= 0.3 is 0 Å². The first-order valence-electron chi connectivity index (χ1n) is 8.67. The van der Waals surface area contributed by atoms with Gasteiger partial charge in [-0.1, -0.05) is 47.5 Å². The van der Waals surface area contributed by atoms with E-state index in [1.807, 2.05) is 23.7 Å². The number of nitrogens with one attached hydrogen (secondary N) is 1. The average Bonchev–Trinajstić information content (AvgIpc) is 2.82. The van der Waals surface area contributed by atoms with Gasteiger partial charge in [0.05, 0.1) is 22.4 Å². The molecule has 4 nitrogen and oxygen atoms in total. The van der Waals surface area contributed by atoms with Crippen molar-refractivity contribution in [3.8, 4) is 5.69 Å². The molecule has 0 fully saturated rings. The van der Waals surface area contributed by atoms with Crippen molar-refractivity contribution in [1.29, 1.82) is 0 Å². The average molecular weight is 363 g/mol. The molecular weight excluding hydrogens is 342 g/mol. The van der Waals surface area contributed by atoms with E-state index >= 15 is 0 Å². The number of thioether (sulfide) groups is 1. The van der Waals surface area contributed by atoms with Crippen LogP contribution in [0.5, 0.6) is 0 Å². The first kappa shape index (κ1) is 16.9. The molecule has 1 N–H and O–H groups in total. The molecule has 1 aliphatic rings. The molecule has 132 valence electrons. The van der Waals surface area contributed by atoms with Gasteiger partial charge in [0.15, 0.2) is 0 Å². The topological polar surface area (TPSA) is 46.9 Å². The van der Waals surface area contributed by atoms with E-state index in [0.29, 0.717) is 5.75 Å². The molecule has 26 heavy (non-hydrogen) atoms. The Balaban J connectivity index is 1.89. The molecule has 1 amide bonds. The number of anilines is 1. The number of benzene rings is 2. The molecule has 3 aromatic rings. The predicted octanol–water partition coefficient (Wildman–Crippen LogP) is 4.57. The summed E-state index contributed by atoms with van der Waals surface area (Å²) in [5.41, 5.74) is 6.61. The van der Waals surface area contributed by atoms with Crippen LogP contribution in [-0.4, -0.2) is 21.4 Å². The second kappa shape index (κ2) is 6.65. The molecule has 0 radical (unpaired) electrons. The summed E-state index contributed by atoms with van der Waals surface area (Å²) in [5, 5.41) is 7.92. The number of hydrogen-bond acceptors (Lipinski definition) is 3. The van der Waals surface area contributed by atoms with Crippen LogP contribution in [0.3, 0.4) is 0 Å². The Kier molecular flexibility index (Phi) is 4.32. The number of aryl methyl sites for hydroxylation is 3. The maximum atomic E-state index is 12.4. The van der Waals surface area contributed by atoms with Gasteiger partial charge in [0.1, 0.15) is 5.82 Å². The van der Waals surface area contributed by atoms with Crippen LogP contribution in [-0.2, 0) is 4.79 Å². The van der Waals surface area contributed by atoms with E-state index in [1.54, 1.807) is 11.8 Å². The number of fused-ring (bicyclic) bond motifs is 1. The normalized spacial score (nSPS) is 16.7. The second-order valence-corrected chi connectivity index (χ2v) is 7.84. The zero-order chi connectivity index (χ0) is 18.3. The number of hydrogen-bond donors (Lipinski definition) is 1. The molecule has 1 atom stereocenters. The Morgan fingerprint density at radius 1 is 1.08 bits per heavy atom. The lowest BCUT2D eigenvalue weighted by molar-refractivity contribution is -0.113. The number of carbonyl (C=O) groups is 1. The molecule has 2 heterocycles. The minimum atomic E-state index is 0.0136. The summed E-state index contributed by atoms with van der Waals surface area (Å²) in [6, 6.07) is 16.7. The summed E-state index contributed by atoms with van der Waals surface area (Å²) < 4.78 is 1.86. The first-order valence-corrected chi connectivity index (χ1v) is 9.72. The zero-order valence-electron chi connectivity index (χ0n) is 15.1. The van der Waals surface area contributed by atoms with Crippen LogP contribution < -0.4 is 5.32 Å². The zero-order valence-corrected chi connectivity index (χ0v) is 15.9. The van der Waals surface area contributed by atoms with E-state index < -0.39 is 0 Å². The maximum Gasteiger partial charge on any atom is 0.235 e. The van der Waals surface area contributed by atoms with Gasteiger partial charge in [-0.15, -0.1) is 11.8 Å². The van der Waals surface area contributed by atoms with Crippen molar-refractivity contribution in [2.75, 3.05) is 11.1 Å². The van der Waals surface area contributed by atoms with Gasteiger partial charge in [0, 0.05) is 5.56 Å². The number of amides is 1. The lowest BCUT2D eigenvalue weighted by atomic mass is 10.0. The molecule has 0 bridgehead atoms. The summed E-state index contributed by atoms with van der Waals surface area (Å²) >= 11 is 1.66. The van der Waals surface area contributed by atoms with Gasteiger partial charge in [-0.3, -0.25) is 4.79 Å². The van der Waals surface area contributed by atoms with Gasteiger partial charge in [0.2, 0.25) is 5.91 Å². The van der Waals surface area contributed by atoms with Gasteiger partial charge in [-0.25, -0.2) is 4.68 Å². The lowest BCUT2D eigenvalue weighted by Crippen LogP contribution is -2.15. The fraction of sp³-hybridized carbons (Fsp3) is 0.238. The maximum absolute atomic E-state index is 12.4. The van der Waals surface area contributed by atoms with E-state index in [2.05, 4.69) is 55.6 Å². The van der Waals surface area contributed by atoms with E-state index in [-0.39, 0.29) is 11.2 Å². The summed E-state index contributed by atoms with van der Waals surface area (Å²) in [5.74, 6) is 1.23. The van der Waals surface area contributed by atoms with E-state index in [1.165, 1.54) is 16.7 Å². The molecule has 0 spiro atoms. The quantitative estimate of drug-likeness (QED) is 0.725. The SMILES string of the molecule is Cc1ccc(-n2nc(C)c3c2NC(=O)CS[C@H]3c2cccc(C)c2)cc1. The highest BCUT2D eigenvalue weighted by molar-refractivity contribution is 8.00. The van der Waals surface area contributed by atoms with Crippen LogP contribution >= 0.6 is 11.8 Å². The molecule has 0 unspecified atom stereocenters. The van der Waals surface area contributed by atoms with E-state index in [9.17, 15) is 4.79 Å². The highest BCUT2D eigenvalue weighted by atomic mass is 32.2. The highest BCUT2D eigenvalue weighted by Gasteiger charge is 2.30. The Labute approximate surface area is 157 Å². The second-order valence-electron chi connectivity index (χ2n) is 6.75. The van der Waals surface area contributed by atoms with E-state index in [4.69, 9.17) is 5.10 Å². The Bertz CT molecular complexity index is 975. The molecule has 0 aliphatic carbocycles. The third-order valence-corrected chi connectivity index (χ3v) is 5.90. The number of nitrogens with zero attached hydrogens (tertiary/aromatic N) is 2. The van der Waals surface area contributed by atoms with Gasteiger partial charge in [-0.2, -0.15) is 5.10 Å². The van der Waals surface area contributed by atoms with Crippen LogP contribution in [0.25, 0.3) is 5.69 Å². The third-order valence-electron chi connectivity index (χ3n) is 4.63.